The van der Waals surface area contributed by atoms with E-state index in [9.17, 15) is 9.90 Å². The van der Waals surface area contributed by atoms with Crippen LogP contribution in [0.1, 0.15) is 57.1 Å². The molecule has 0 heterocycles. The van der Waals surface area contributed by atoms with Crippen LogP contribution in [0.3, 0.4) is 0 Å². The van der Waals surface area contributed by atoms with Crippen LogP contribution in [0, 0.1) is 11.8 Å². The summed E-state index contributed by atoms with van der Waals surface area (Å²) in [6.07, 6.45) is 4.20. The lowest BCUT2D eigenvalue weighted by molar-refractivity contribution is -0.139. The Morgan fingerprint density at radius 1 is 1.21 bits per heavy atom. The maximum atomic E-state index is 12.7. The first-order chi connectivity index (χ1) is 11.6. The van der Waals surface area contributed by atoms with E-state index in [0.717, 1.165) is 50.0 Å². The molecule has 0 aromatic heterocycles. The highest BCUT2D eigenvalue weighted by Crippen LogP contribution is 2.35. The van der Waals surface area contributed by atoms with Crippen molar-refractivity contribution in [2.24, 2.45) is 0 Å². The van der Waals surface area contributed by atoms with Crippen LogP contribution in [0.4, 0.5) is 0 Å². The van der Waals surface area contributed by atoms with Crippen LogP contribution in [0.2, 0.25) is 0 Å². The summed E-state index contributed by atoms with van der Waals surface area (Å²) in [6.45, 7) is 6.96. The van der Waals surface area contributed by atoms with Gasteiger partial charge in [0, 0.05) is 12.8 Å². The Hall–Kier alpha value is -1.63. The van der Waals surface area contributed by atoms with Gasteiger partial charge in [0.2, 0.25) is 0 Å². The molecule has 0 amide bonds. The molecule has 1 atom stereocenters. The fourth-order valence-corrected chi connectivity index (χ4v) is 3.35. The summed E-state index contributed by atoms with van der Waals surface area (Å²) in [5.74, 6) is 6.13. The number of aryl methyl sites for hydroxylation is 1. The Bertz CT molecular complexity index is 610. The largest absolute Gasteiger partial charge is 0.377 e. The van der Waals surface area contributed by atoms with Crippen molar-refractivity contribution in [2.75, 3.05) is 19.6 Å². The fourth-order valence-electron chi connectivity index (χ4n) is 3.35. The maximum absolute atomic E-state index is 12.7. The predicted molar refractivity (Wildman–Crippen MR) is 97.7 cm³/mol. The molecular weight excluding hydrogens is 298 g/mol. The van der Waals surface area contributed by atoms with Gasteiger partial charge in [-0.1, -0.05) is 44.0 Å². The molecule has 1 aliphatic rings. The maximum Gasteiger partial charge on any atom is 0.169 e. The minimum Gasteiger partial charge on any atom is -0.377 e. The molecule has 0 bridgehead atoms. The zero-order valence-electron chi connectivity index (χ0n) is 15.0. The molecule has 3 nitrogen and oxygen atoms in total. The number of aliphatic hydroxyl groups is 1. The van der Waals surface area contributed by atoms with Crippen LogP contribution in [0.15, 0.2) is 24.3 Å². The quantitative estimate of drug-likeness (QED) is 0.644. The van der Waals surface area contributed by atoms with Gasteiger partial charge in [0.05, 0.1) is 6.54 Å². The lowest BCUT2D eigenvalue weighted by Crippen LogP contribution is -2.35. The van der Waals surface area contributed by atoms with Crippen molar-refractivity contribution in [1.82, 2.24) is 4.90 Å². The van der Waals surface area contributed by atoms with Crippen LogP contribution < -0.4 is 0 Å². The van der Waals surface area contributed by atoms with Crippen molar-refractivity contribution in [3.63, 3.8) is 0 Å². The lowest BCUT2D eigenvalue weighted by atomic mass is 9.83. The van der Waals surface area contributed by atoms with E-state index in [1.807, 2.05) is 24.3 Å². The smallest absolute Gasteiger partial charge is 0.169 e. The van der Waals surface area contributed by atoms with Crippen LogP contribution in [-0.2, 0) is 16.8 Å². The van der Waals surface area contributed by atoms with Gasteiger partial charge in [-0.2, -0.15) is 0 Å². The van der Waals surface area contributed by atoms with Gasteiger partial charge in [0.1, 0.15) is 5.60 Å². The van der Waals surface area contributed by atoms with Crippen molar-refractivity contribution in [2.45, 2.75) is 58.0 Å². The molecule has 0 saturated heterocycles. The standard InChI is InChI=1S/C21H29NO2/c1-3-22(4-2)17-11-5-6-15-20(23)21(24)16-10-9-13-18-12-7-8-14-19(18)21/h7-8,12,14,24H,3-4,6,9-10,13,15-17H2,1-2H3. The molecule has 0 saturated carbocycles. The van der Waals surface area contributed by atoms with Crippen molar-refractivity contribution < 1.29 is 9.90 Å². The highest BCUT2D eigenvalue weighted by Gasteiger charge is 2.39. The minimum atomic E-state index is -1.33. The summed E-state index contributed by atoms with van der Waals surface area (Å²) in [7, 11) is 0. The summed E-state index contributed by atoms with van der Waals surface area (Å²) in [4.78, 5) is 15.0. The van der Waals surface area contributed by atoms with Gasteiger partial charge in [-0.05, 0) is 49.9 Å². The number of fused-ring (bicyclic) bond motifs is 1. The van der Waals surface area contributed by atoms with Gasteiger partial charge in [0.25, 0.3) is 0 Å². The molecule has 1 N–H and O–H groups in total. The molecule has 1 aromatic carbocycles. The average Bonchev–Trinajstić information content (AvgIpc) is 2.78. The molecule has 24 heavy (non-hydrogen) atoms. The summed E-state index contributed by atoms with van der Waals surface area (Å²) < 4.78 is 0. The first kappa shape index (κ1) is 18.7. The number of nitrogens with zero attached hydrogens (tertiary/aromatic N) is 1. The van der Waals surface area contributed by atoms with E-state index in [1.165, 1.54) is 0 Å². The third kappa shape index (κ3) is 4.47. The number of carbonyl (C=O) groups is 1. The first-order valence-electron chi connectivity index (χ1n) is 9.14. The monoisotopic (exact) mass is 327 g/mol. The molecule has 130 valence electrons. The highest BCUT2D eigenvalue weighted by molar-refractivity contribution is 5.89. The normalized spacial score (nSPS) is 20.0. The molecule has 0 radical (unpaired) electrons. The first-order valence-corrected chi connectivity index (χ1v) is 9.14. The van der Waals surface area contributed by atoms with Gasteiger partial charge in [-0.3, -0.25) is 9.69 Å². The second kappa shape index (κ2) is 9.01. The summed E-state index contributed by atoms with van der Waals surface area (Å²) in [5, 5.41) is 11.1. The third-order valence-corrected chi connectivity index (χ3v) is 4.96. The number of hydrogen-bond acceptors (Lipinski definition) is 3. The molecule has 1 unspecified atom stereocenters. The Kier molecular flexibility index (Phi) is 7.02. The lowest BCUT2D eigenvalue weighted by Gasteiger charge is -2.27. The van der Waals surface area contributed by atoms with E-state index in [4.69, 9.17) is 0 Å². The van der Waals surface area contributed by atoms with Crippen molar-refractivity contribution in [3.05, 3.63) is 35.4 Å². The topological polar surface area (TPSA) is 40.5 Å². The van der Waals surface area contributed by atoms with Crippen LogP contribution in [0.25, 0.3) is 0 Å². The Morgan fingerprint density at radius 2 is 1.96 bits per heavy atom. The number of Topliss-reactive ketones (excluding diaryl/α,β-unsaturated/α-hetero) is 1. The van der Waals surface area contributed by atoms with E-state index in [2.05, 4.69) is 30.6 Å². The molecule has 0 spiro atoms. The van der Waals surface area contributed by atoms with Crippen LogP contribution >= 0.6 is 0 Å². The fraction of sp³-hybridized carbons (Fsp3) is 0.571. The van der Waals surface area contributed by atoms with Gasteiger partial charge in [-0.15, -0.1) is 5.92 Å². The van der Waals surface area contributed by atoms with E-state index < -0.39 is 5.60 Å². The molecule has 0 aliphatic heterocycles. The molecule has 0 fully saturated rings. The number of benzene rings is 1. The zero-order chi connectivity index (χ0) is 17.4. The highest BCUT2D eigenvalue weighted by atomic mass is 16.3. The number of rotatable bonds is 6. The molecule has 1 aliphatic carbocycles. The Balaban J connectivity index is 2.00. The number of carbonyl (C=O) groups excluding carboxylic acids is 1. The Morgan fingerprint density at radius 3 is 2.71 bits per heavy atom. The zero-order valence-corrected chi connectivity index (χ0v) is 15.0. The van der Waals surface area contributed by atoms with Crippen LogP contribution in [-0.4, -0.2) is 35.4 Å². The molecular formula is C21H29NO2. The summed E-state index contributed by atoms with van der Waals surface area (Å²) in [6, 6.07) is 7.83. The van der Waals surface area contributed by atoms with Gasteiger partial charge in [0.15, 0.2) is 5.78 Å². The average molecular weight is 327 g/mol. The Labute approximate surface area is 146 Å². The predicted octanol–water partition coefficient (Wildman–Crippen LogP) is 3.30. The van der Waals surface area contributed by atoms with Crippen molar-refractivity contribution in [1.29, 1.82) is 0 Å². The molecule has 3 heteroatoms. The number of ketones is 1. The van der Waals surface area contributed by atoms with Crippen molar-refractivity contribution >= 4 is 5.78 Å². The van der Waals surface area contributed by atoms with Gasteiger partial charge >= 0.3 is 0 Å². The third-order valence-electron chi connectivity index (χ3n) is 4.96. The van der Waals surface area contributed by atoms with Gasteiger partial charge < -0.3 is 5.11 Å². The SMILES string of the molecule is CCN(CC)CC#CCCC(=O)C1(O)CCCCc2ccccc21. The van der Waals surface area contributed by atoms with E-state index in [-0.39, 0.29) is 5.78 Å². The summed E-state index contributed by atoms with van der Waals surface area (Å²) >= 11 is 0. The summed E-state index contributed by atoms with van der Waals surface area (Å²) in [5.41, 5.74) is 0.593. The van der Waals surface area contributed by atoms with E-state index in [0.29, 0.717) is 19.3 Å². The minimum absolute atomic E-state index is 0.0889. The molecule has 2 rings (SSSR count). The van der Waals surface area contributed by atoms with Crippen molar-refractivity contribution in [3.8, 4) is 11.8 Å². The molecule has 1 aromatic rings. The number of hydrogen-bond donors (Lipinski definition) is 1. The van der Waals surface area contributed by atoms with Gasteiger partial charge in [-0.25, -0.2) is 0 Å². The second-order valence-corrected chi connectivity index (χ2v) is 6.46. The second-order valence-electron chi connectivity index (χ2n) is 6.46. The van der Waals surface area contributed by atoms with E-state index in [1.54, 1.807) is 0 Å². The van der Waals surface area contributed by atoms with E-state index >= 15 is 0 Å². The van der Waals surface area contributed by atoms with Crippen LogP contribution in [0.5, 0.6) is 0 Å².